The van der Waals surface area contributed by atoms with E-state index in [4.69, 9.17) is 0 Å². The smallest absolute Gasteiger partial charge is 0.252 e. The standard InChI is InChI=1S/C21H22N2O2S/c24-17(13-23-10-9-15-5-1-2-6-16(15)12-23)11-22-21(25)19-14-26-20-8-4-3-7-18(19)20/h1-8,14,17,24H,9-13H2,(H,22,25)/t17-/m0/s1. The van der Waals surface area contributed by atoms with Gasteiger partial charge in [0.2, 0.25) is 0 Å². The second-order valence-corrected chi connectivity index (χ2v) is 7.67. The molecule has 4 nitrogen and oxygen atoms in total. The van der Waals surface area contributed by atoms with Gasteiger partial charge in [-0.25, -0.2) is 0 Å². The van der Waals surface area contributed by atoms with Crippen LogP contribution in [-0.2, 0) is 13.0 Å². The molecule has 26 heavy (non-hydrogen) atoms. The molecule has 0 saturated carbocycles. The third-order valence-corrected chi connectivity index (χ3v) is 5.87. The molecule has 0 saturated heterocycles. The van der Waals surface area contributed by atoms with Crippen LogP contribution in [0.3, 0.4) is 0 Å². The van der Waals surface area contributed by atoms with Crippen molar-refractivity contribution in [3.05, 3.63) is 70.6 Å². The van der Waals surface area contributed by atoms with Crippen molar-refractivity contribution in [2.45, 2.75) is 19.1 Å². The Balaban J connectivity index is 1.31. The molecule has 2 aromatic carbocycles. The van der Waals surface area contributed by atoms with Gasteiger partial charge < -0.3 is 10.4 Å². The first kappa shape index (κ1) is 17.2. The zero-order chi connectivity index (χ0) is 17.9. The Bertz CT molecular complexity index is 921. The predicted molar refractivity (Wildman–Crippen MR) is 106 cm³/mol. The molecule has 0 unspecified atom stereocenters. The van der Waals surface area contributed by atoms with Gasteiger partial charge in [-0.05, 0) is 23.6 Å². The molecule has 134 valence electrons. The Morgan fingerprint density at radius 3 is 2.81 bits per heavy atom. The van der Waals surface area contributed by atoms with Gasteiger partial charge >= 0.3 is 0 Å². The molecule has 0 fully saturated rings. The molecular formula is C21H22N2O2S. The highest BCUT2D eigenvalue weighted by molar-refractivity contribution is 7.17. The predicted octanol–water partition coefficient (Wildman–Crippen LogP) is 3.05. The monoisotopic (exact) mass is 366 g/mol. The van der Waals surface area contributed by atoms with Crippen LogP contribution in [0.25, 0.3) is 10.1 Å². The van der Waals surface area contributed by atoms with Gasteiger partial charge in [0, 0.05) is 41.6 Å². The van der Waals surface area contributed by atoms with Crippen LogP contribution >= 0.6 is 11.3 Å². The maximum absolute atomic E-state index is 12.5. The Morgan fingerprint density at radius 2 is 1.92 bits per heavy atom. The highest BCUT2D eigenvalue weighted by Gasteiger charge is 2.19. The highest BCUT2D eigenvalue weighted by Crippen LogP contribution is 2.25. The van der Waals surface area contributed by atoms with E-state index in [1.54, 1.807) is 11.3 Å². The lowest BCUT2D eigenvalue weighted by Gasteiger charge is -2.30. The van der Waals surface area contributed by atoms with E-state index in [1.165, 1.54) is 11.1 Å². The topological polar surface area (TPSA) is 52.6 Å². The van der Waals surface area contributed by atoms with Crippen LogP contribution in [0, 0.1) is 0 Å². The minimum atomic E-state index is -0.575. The van der Waals surface area contributed by atoms with Crippen molar-refractivity contribution >= 4 is 27.3 Å². The molecule has 0 aliphatic carbocycles. The zero-order valence-electron chi connectivity index (χ0n) is 14.5. The van der Waals surface area contributed by atoms with Crippen LogP contribution in [0.2, 0.25) is 0 Å². The van der Waals surface area contributed by atoms with Crippen molar-refractivity contribution in [3.63, 3.8) is 0 Å². The number of aliphatic hydroxyl groups excluding tert-OH is 1. The zero-order valence-corrected chi connectivity index (χ0v) is 15.3. The van der Waals surface area contributed by atoms with Crippen molar-refractivity contribution in [1.82, 2.24) is 10.2 Å². The first-order valence-corrected chi connectivity index (χ1v) is 9.80. The molecule has 2 N–H and O–H groups in total. The van der Waals surface area contributed by atoms with Crippen LogP contribution < -0.4 is 5.32 Å². The maximum Gasteiger partial charge on any atom is 0.252 e. The van der Waals surface area contributed by atoms with Gasteiger partial charge in [0.1, 0.15) is 0 Å². The first-order valence-electron chi connectivity index (χ1n) is 8.92. The van der Waals surface area contributed by atoms with E-state index in [-0.39, 0.29) is 12.5 Å². The van der Waals surface area contributed by atoms with Crippen molar-refractivity contribution in [1.29, 1.82) is 0 Å². The summed E-state index contributed by atoms with van der Waals surface area (Å²) in [4.78, 5) is 14.7. The summed E-state index contributed by atoms with van der Waals surface area (Å²) >= 11 is 1.57. The number of β-amino-alcohol motifs (C(OH)–C–C–N with tert-alkyl or cyclic N) is 1. The molecule has 1 aliphatic rings. The van der Waals surface area contributed by atoms with Crippen molar-refractivity contribution in [2.24, 2.45) is 0 Å². The van der Waals surface area contributed by atoms with E-state index < -0.39 is 6.10 Å². The second-order valence-electron chi connectivity index (χ2n) is 6.76. The molecule has 1 amide bonds. The summed E-state index contributed by atoms with van der Waals surface area (Å²) in [5.41, 5.74) is 3.42. The Labute approximate surface area is 157 Å². The highest BCUT2D eigenvalue weighted by atomic mass is 32.1. The molecule has 2 heterocycles. The molecule has 3 aromatic rings. The van der Waals surface area contributed by atoms with Crippen molar-refractivity contribution < 1.29 is 9.90 Å². The van der Waals surface area contributed by atoms with Gasteiger partial charge in [-0.15, -0.1) is 11.3 Å². The summed E-state index contributed by atoms with van der Waals surface area (Å²) in [5, 5.41) is 16.1. The molecule has 1 atom stereocenters. The molecule has 1 aliphatic heterocycles. The largest absolute Gasteiger partial charge is 0.390 e. The van der Waals surface area contributed by atoms with E-state index in [0.717, 1.165) is 29.6 Å². The number of benzene rings is 2. The molecule has 0 bridgehead atoms. The van der Waals surface area contributed by atoms with Crippen LogP contribution in [0.15, 0.2) is 53.9 Å². The quantitative estimate of drug-likeness (QED) is 0.730. The van der Waals surface area contributed by atoms with Crippen LogP contribution in [0.1, 0.15) is 21.5 Å². The summed E-state index contributed by atoms with van der Waals surface area (Å²) in [6, 6.07) is 16.3. The Morgan fingerprint density at radius 1 is 1.15 bits per heavy atom. The van der Waals surface area contributed by atoms with Crippen molar-refractivity contribution in [2.75, 3.05) is 19.6 Å². The van der Waals surface area contributed by atoms with Crippen LogP contribution in [-0.4, -0.2) is 41.7 Å². The van der Waals surface area contributed by atoms with Gasteiger partial charge in [-0.1, -0.05) is 42.5 Å². The van der Waals surface area contributed by atoms with Crippen LogP contribution in [0.5, 0.6) is 0 Å². The van der Waals surface area contributed by atoms with E-state index in [2.05, 4.69) is 34.5 Å². The number of hydrogen-bond donors (Lipinski definition) is 2. The van der Waals surface area contributed by atoms with Gasteiger partial charge in [-0.3, -0.25) is 9.69 Å². The fourth-order valence-electron chi connectivity index (χ4n) is 3.53. The average Bonchev–Trinajstić information content (AvgIpc) is 3.10. The number of fused-ring (bicyclic) bond motifs is 2. The van der Waals surface area contributed by atoms with Crippen LogP contribution in [0.4, 0.5) is 0 Å². The van der Waals surface area contributed by atoms with Gasteiger partial charge in [0.15, 0.2) is 0 Å². The maximum atomic E-state index is 12.5. The number of carbonyl (C=O) groups is 1. The lowest BCUT2D eigenvalue weighted by Crippen LogP contribution is -2.42. The van der Waals surface area contributed by atoms with Gasteiger partial charge in [0.25, 0.3) is 5.91 Å². The molecule has 4 rings (SSSR count). The van der Waals surface area contributed by atoms with E-state index in [1.807, 2.05) is 29.6 Å². The fraction of sp³-hybridized carbons (Fsp3) is 0.286. The van der Waals surface area contributed by atoms with Gasteiger partial charge in [0.05, 0.1) is 11.7 Å². The number of thiophene rings is 1. The molecule has 0 radical (unpaired) electrons. The van der Waals surface area contributed by atoms with E-state index >= 15 is 0 Å². The number of amides is 1. The SMILES string of the molecule is O=C(NC[C@H](O)CN1CCc2ccccc2C1)c1csc2ccccc12. The fourth-order valence-corrected chi connectivity index (χ4v) is 4.47. The third-order valence-electron chi connectivity index (χ3n) is 4.90. The normalized spacial score (nSPS) is 15.6. The summed E-state index contributed by atoms with van der Waals surface area (Å²) in [6.45, 7) is 2.63. The second kappa shape index (κ2) is 7.58. The molecule has 1 aromatic heterocycles. The minimum absolute atomic E-state index is 0.120. The number of aliphatic hydroxyl groups is 1. The number of nitrogens with zero attached hydrogens (tertiary/aromatic N) is 1. The van der Waals surface area contributed by atoms with E-state index in [9.17, 15) is 9.90 Å². The minimum Gasteiger partial charge on any atom is -0.390 e. The summed E-state index contributed by atoms with van der Waals surface area (Å²) in [6.07, 6.45) is 0.435. The lowest BCUT2D eigenvalue weighted by molar-refractivity contribution is 0.0843. The number of rotatable bonds is 5. The summed E-state index contributed by atoms with van der Waals surface area (Å²) < 4.78 is 1.10. The number of hydrogen-bond acceptors (Lipinski definition) is 4. The summed E-state index contributed by atoms with van der Waals surface area (Å²) in [7, 11) is 0. The summed E-state index contributed by atoms with van der Waals surface area (Å²) in [5.74, 6) is -0.120. The Hall–Kier alpha value is -2.21. The van der Waals surface area contributed by atoms with Gasteiger partial charge in [-0.2, -0.15) is 0 Å². The number of carbonyl (C=O) groups excluding carboxylic acids is 1. The first-order chi connectivity index (χ1) is 12.7. The molecule has 0 spiro atoms. The third kappa shape index (κ3) is 3.65. The van der Waals surface area contributed by atoms with E-state index in [0.29, 0.717) is 12.1 Å². The van der Waals surface area contributed by atoms with Crippen molar-refractivity contribution in [3.8, 4) is 0 Å². The average molecular weight is 366 g/mol. The Kier molecular flexibility index (Phi) is 5.02. The lowest BCUT2D eigenvalue weighted by atomic mass is 10.00. The molecular weight excluding hydrogens is 344 g/mol. The molecule has 5 heteroatoms. The number of nitrogens with one attached hydrogen (secondary N) is 1.